The number of aromatic nitrogens is 2. The van der Waals surface area contributed by atoms with Crippen LogP contribution in [-0.2, 0) is 25.7 Å². The van der Waals surface area contributed by atoms with Gasteiger partial charge < -0.3 is 5.73 Å². The molecule has 0 bridgehead atoms. The normalized spacial score (nSPS) is 16.3. The second-order valence-electron chi connectivity index (χ2n) is 7.84. The lowest BCUT2D eigenvalue weighted by molar-refractivity contribution is 0.665. The van der Waals surface area contributed by atoms with Crippen LogP contribution in [0, 0.1) is 6.92 Å². The zero-order valence-corrected chi connectivity index (χ0v) is 15.4. The maximum absolute atomic E-state index is 6.76. The Hall–Kier alpha value is -2.42. The highest BCUT2D eigenvalue weighted by molar-refractivity contribution is 6.03. The van der Waals surface area contributed by atoms with Crippen LogP contribution in [0.1, 0.15) is 53.8 Å². The summed E-state index contributed by atoms with van der Waals surface area (Å²) in [6, 6.07) is 8.85. The van der Waals surface area contributed by atoms with E-state index in [0.29, 0.717) is 0 Å². The lowest BCUT2D eigenvalue weighted by Crippen LogP contribution is -2.14. The molecule has 3 aromatic rings. The van der Waals surface area contributed by atoms with Crippen LogP contribution in [0.3, 0.4) is 0 Å². The molecule has 0 saturated heterocycles. The summed E-state index contributed by atoms with van der Waals surface area (Å²) in [5.41, 5.74) is 17.5. The Morgan fingerprint density at radius 2 is 1.35 bits per heavy atom. The van der Waals surface area contributed by atoms with Crippen molar-refractivity contribution in [2.45, 2.75) is 58.3 Å². The van der Waals surface area contributed by atoms with Crippen LogP contribution in [0.5, 0.6) is 0 Å². The Balaban J connectivity index is 1.89. The van der Waals surface area contributed by atoms with Gasteiger partial charge in [0.2, 0.25) is 0 Å². The molecule has 3 nitrogen and oxygen atoms in total. The highest BCUT2D eigenvalue weighted by Crippen LogP contribution is 2.41. The van der Waals surface area contributed by atoms with E-state index in [1.54, 1.807) is 0 Å². The van der Waals surface area contributed by atoms with Gasteiger partial charge in [-0.25, -0.2) is 9.97 Å². The van der Waals surface area contributed by atoms with E-state index < -0.39 is 0 Å². The molecule has 2 aliphatic rings. The summed E-state index contributed by atoms with van der Waals surface area (Å²) in [6.45, 7) is 2.14. The van der Waals surface area contributed by atoms with Gasteiger partial charge in [-0.15, -0.1) is 0 Å². The highest BCUT2D eigenvalue weighted by atomic mass is 14.9. The van der Waals surface area contributed by atoms with Gasteiger partial charge in [0, 0.05) is 17.1 Å². The molecule has 2 N–H and O–H groups in total. The molecule has 2 heterocycles. The zero-order valence-electron chi connectivity index (χ0n) is 15.4. The average Bonchev–Trinajstić information content (AvgIpc) is 2.67. The first-order chi connectivity index (χ1) is 12.7. The second kappa shape index (κ2) is 6.08. The van der Waals surface area contributed by atoms with Crippen molar-refractivity contribution in [1.82, 2.24) is 9.97 Å². The molecule has 0 spiro atoms. The van der Waals surface area contributed by atoms with Gasteiger partial charge in [-0.05, 0) is 80.5 Å². The summed E-state index contributed by atoms with van der Waals surface area (Å²) in [6.07, 6.45) is 9.11. The topological polar surface area (TPSA) is 51.8 Å². The third-order valence-electron chi connectivity index (χ3n) is 6.07. The number of nitrogens with zero attached hydrogens (tertiary/aromatic N) is 2. The molecule has 1 aromatic carbocycles. The number of pyridine rings is 2. The van der Waals surface area contributed by atoms with Crippen LogP contribution >= 0.6 is 0 Å². The molecule has 0 amide bonds. The predicted octanol–water partition coefficient (Wildman–Crippen LogP) is 4.95. The van der Waals surface area contributed by atoms with E-state index in [2.05, 4.69) is 31.2 Å². The van der Waals surface area contributed by atoms with Gasteiger partial charge in [0.25, 0.3) is 0 Å². The number of anilines is 1. The molecular weight excluding hydrogens is 318 g/mol. The van der Waals surface area contributed by atoms with Crippen LogP contribution < -0.4 is 5.73 Å². The van der Waals surface area contributed by atoms with Gasteiger partial charge in [0.15, 0.2) is 5.65 Å². The summed E-state index contributed by atoms with van der Waals surface area (Å²) in [5, 5.41) is 1.09. The Morgan fingerprint density at radius 1 is 0.769 bits per heavy atom. The maximum atomic E-state index is 6.76. The Labute approximate surface area is 154 Å². The van der Waals surface area contributed by atoms with Crippen LogP contribution in [0.15, 0.2) is 24.3 Å². The van der Waals surface area contributed by atoms with E-state index in [1.165, 1.54) is 64.9 Å². The maximum Gasteiger partial charge on any atom is 0.162 e. The molecule has 0 atom stereocenters. The third-order valence-corrected chi connectivity index (χ3v) is 6.07. The van der Waals surface area contributed by atoms with E-state index in [-0.39, 0.29) is 0 Å². The molecule has 0 aliphatic heterocycles. The fraction of sp³-hybridized carbons (Fsp3) is 0.391. The summed E-state index contributed by atoms with van der Waals surface area (Å²) in [5.74, 6) is 0. The minimum absolute atomic E-state index is 0.861. The standard InChI is InChI=1S/C23H25N3/c1-14-10-12-15(13-11-14)20-16-6-2-4-8-18(16)25-23-21(20)22(24)17-7-3-5-9-19(17)26-23/h10-13H,2-9H2,1H3,(H2,24,25,26). The minimum Gasteiger partial charge on any atom is -0.398 e. The molecule has 5 rings (SSSR count). The van der Waals surface area contributed by atoms with Crippen LogP contribution in [-0.4, -0.2) is 9.97 Å². The molecule has 3 heteroatoms. The molecule has 2 aliphatic carbocycles. The van der Waals surface area contributed by atoms with E-state index in [4.69, 9.17) is 15.7 Å². The molecular formula is C23H25N3. The molecule has 0 unspecified atom stereocenters. The first-order valence-corrected chi connectivity index (χ1v) is 9.92. The minimum atomic E-state index is 0.861. The van der Waals surface area contributed by atoms with Crippen LogP contribution in [0.4, 0.5) is 5.69 Å². The highest BCUT2D eigenvalue weighted by Gasteiger charge is 2.24. The van der Waals surface area contributed by atoms with Gasteiger partial charge in [0.05, 0.1) is 5.39 Å². The molecule has 132 valence electrons. The number of aryl methyl sites for hydroxylation is 3. The number of fused-ring (bicyclic) bond motifs is 3. The van der Waals surface area contributed by atoms with E-state index in [1.807, 2.05) is 0 Å². The number of nitrogen functional groups attached to an aromatic ring is 1. The fourth-order valence-electron chi connectivity index (χ4n) is 4.68. The van der Waals surface area contributed by atoms with E-state index in [9.17, 15) is 0 Å². The molecule has 0 saturated carbocycles. The van der Waals surface area contributed by atoms with Crippen molar-refractivity contribution in [3.05, 3.63) is 52.3 Å². The number of rotatable bonds is 1. The summed E-state index contributed by atoms with van der Waals surface area (Å²) >= 11 is 0. The van der Waals surface area contributed by atoms with Gasteiger partial charge in [0.1, 0.15) is 0 Å². The lowest BCUT2D eigenvalue weighted by atomic mass is 9.85. The third kappa shape index (κ3) is 2.41. The number of benzene rings is 1. The van der Waals surface area contributed by atoms with Gasteiger partial charge in [-0.2, -0.15) is 0 Å². The molecule has 2 aromatic heterocycles. The Bertz CT molecular complexity index is 997. The van der Waals surface area contributed by atoms with Gasteiger partial charge in [-0.3, -0.25) is 0 Å². The van der Waals surface area contributed by atoms with Crippen molar-refractivity contribution in [3.8, 4) is 11.1 Å². The summed E-state index contributed by atoms with van der Waals surface area (Å²) < 4.78 is 0. The summed E-state index contributed by atoms with van der Waals surface area (Å²) in [4.78, 5) is 9.99. The first kappa shape index (κ1) is 15.8. The molecule has 0 radical (unpaired) electrons. The Morgan fingerprint density at radius 3 is 2.04 bits per heavy atom. The number of hydrogen-bond donors (Lipinski definition) is 1. The lowest BCUT2D eigenvalue weighted by Gasteiger charge is -2.24. The second-order valence-corrected chi connectivity index (χ2v) is 7.84. The average molecular weight is 343 g/mol. The quantitative estimate of drug-likeness (QED) is 0.680. The zero-order chi connectivity index (χ0) is 17.7. The Kier molecular flexibility index (Phi) is 3.70. The summed E-state index contributed by atoms with van der Waals surface area (Å²) in [7, 11) is 0. The number of nitrogens with two attached hydrogens (primary N) is 1. The predicted molar refractivity (Wildman–Crippen MR) is 107 cm³/mol. The van der Waals surface area contributed by atoms with Crippen LogP contribution in [0.2, 0.25) is 0 Å². The van der Waals surface area contributed by atoms with E-state index in [0.717, 1.165) is 42.4 Å². The van der Waals surface area contributed by atoms with Crippen molar-refractivity contribution in [2.75, 3.05) is 5.73 Å². The fourth-order valence-corrected chi connectivity index (χ4v) is 4.68. The van der Waals surface area contributed by atoms with Crippen LogP contribution in [0.25, 0.3) is 22.2 Å². The first-order valence-electron chi connectivity index (χ1n) is 9.92. The monoisotopic (exact) mass is 343 g/mol. The SMILES string of the molecule is Cc1ccc(-c2c3c(nc4nc5c(c(N)c24)CCCC5)CCCC3)cc1. The molecule has 26 heavy (non-hydrogen) atoms. The van der Waals surface area contributed by atoms with Crippen molar-refractivity contribution in [1.29, 1.82) is 0 Å². The van der Waals surface area contributed by atoms with E-state index >= 15 is 0 Å². The van der Waals surface area contributed by atoms with Crippen molar-refractivity contribution in [2.24, 2.45) is 0 Å². The van der Waals surface area contributed by atoms with Crippen molar-refractivity contribution in [3.63, 3.8) is 0 Å². The molecule has 0 fully saturated rings. The van der Waals surface area contributed by atoms with Crippen molar-refractivity contribution >= 4 is 16.7 Å². The van der Waals surface area contributed by atoms with Gasteiger partial charge >= 0.3 is 0 Å². The largest absolute Gasteiger partial charge is 0.398 e. The van der Waals surface area contributed by atoms with Crippen molar-refractivity contribution < 1.29 is 0 Å². The smallest absolute Gasteiger partial charge is 0.162 e. The number of hydrogen-bond acceptors (Lipinski definition) is 3. The van der Waals surface area contributed by atoms with Gasteiger partial charge in [-0.1, -0.05) is 29.8 Å².